The van der Waals surface area contributed by atoms with E-state index in [2.05, 4.69) is 10.3 Å². The van der Waals surface area contributed by atoms with Crippen molar-refractivity contribution in [3.8, 4) is 22.7 Å². The largest absolute Gasteiger partial charge is 0.497 e. The number of nitrogens with zero attached hydrogens (tertiary/aromatic N) is 3. The Kier molecular flexibility index (Phi) is 4.68. The van der Waals surface area contributed by atoms with Gasteiger partial charge in [-0.05, 0) is 31.2 Å². The molecule has 0 unspecified atom stereocenters. The highest BCUT2D eigenvalue weighted by Crippen LogP contribution is 2.26. The van der Waals surface area contributed by atoms with Crippen molar-refractivity contribution in [2.75, 3.05) is 13.7 Å². The molecule has 2 aromatic carbocycles. The van der Waals surface area contributed by atoms with Crippen molar-refractivity contribution in [2.45, 2.75) is 13.5 Å². The van der Waals surface area contributed by atoms with E-state index in [0.29, 0.717) is 13.2 Å². The molecule has 0 bridgehead atoms. The molecule has 0 radical (unpaired) electrons. The normalized spacial score (nSPS) is 10.7. The van der Waals surface area contributed by atoms with E-state index < -0.39 is 0 Å². The van der Waals surface area contributed by atoms with E-state index in [-0.39, 0.29) is 0 Å². The Morgan fingerprint density at radius 1 is 1.00 bits per heavy atom. The Balaban J connectivity index is 2.07. The topological polar surface area (TPSA) is 49.2 Å². The van der Waals surface area contributed by atoms with Gasteiger partial charge in [-0.25, -0.2) is 4.68 Å². The van der Waals surface area contributed by atoms with Gasteiger partial charge in [-0.2, -0.15) is 0 Å². The molecule has 5 nitrogen and oxygen atoms in total. The first-order valence-electron chi connectivity index (χ1n) is 7.55. The van der Waals surface area contributed by atoms with Gasteiger partial charge >= 0.3 is 0 Å². The van der Waals surface area contributed by atoms with E-state index in [1.807, 2.05) is 66.2 Å². The van der Waals surface area contributed by atoms with Crippen molar-refractivity contribution >= 4 is 0 Å². The summed E-state index contributed by atoms with van der Waals surface area (Å²) in [5, 5.41) is 8.62. The molecule has 1 aromatic heterocycles. The third-order valence-corrected chi connectivity index (χ3v) is 3.55. The fourth-order valence-corrected chi connectivity index (χ4v) is 2.40. The molecule has 0 aliphatic heterocycles. The van der Waals surface area contributed by atoms with Crippen LogP contribution < -0.4 is 4.74 Å². The predicted octanol–water partition coefficient (Wildman–Crippen LogP) is 3.48. The van der Waals surface area contributed by atoms with Crippen molar-refractivity contribution < 1.29 is 9.47 Å². The zero-order valence-electron chi connectivity index (χ0n) is 13.3. The molecular weight excluding hydrogens is 290 g/mol. The third-order valence-electron chi connectivity index (χ3n) is 3.55. The second-order valence-corrected chi connectivity index (χ2v) is 5.00. The number of ether oxygens (including phenoxy) is 2. The van der Waals surface area contributed by atoms with Crippen LogP contribution in [0.15, 0.2) is 54.6 Å². The van der Waals surface area contributed by atoms with Gasteiger partial charge in [0.2, 0.25) is 0 Å². The van der Waals surface area contributed by atoms with Crippen molar-refractivity contribution in [1.29, 1.82) is 0 Å². The summed E-state index contributed by atoms with van der Waals surface area (Å²) in [6.07, 6.45) is 0. The number of hydrogen-bond acceptors (Lipinski definition) is 4. The summed E-state index contributed by atoms with van der Waals surface area (Å²) in [4.78, 5) is 0. The number of hydrogen-bond donors (Lipinski definition) is 0. The molecule has 118 valence electrons. The van der Waals surface area contributed by atoms with Gasteiger partial charge in [0.1, 0.15) is 17.1 Å². The fraction of sp³-hybridized carbons (Fsp3) is 0.222. The lowest BCUT2D eigenvalue weighted by molar-refractivity contribution is 0.131. The minimum atomic E-state index is 0.441. The maximum atomic E-state index is 5.53. The Morgan fingerprint density at radius 2 is 1.74 bits per heavy atom. The summed E-state index contributed by atoms with van der Waals surface area (Å²) >= 11 is 0. The molecule has 1 heterocycles. The summed E-state index contributed by atoms with van der Waals surface area (Å²) in [5.74, 6) is 0.810. The van der Waals surface area contributed by atoms with Gasteiger partial charge in [-0.1, -0.05) is 35.5 Å². The van der Waals surface area contributed by atoms with Gasteiger partial charge in [-0.3, -0.25) is 0 Å². The van der Waals surface area contributed by atoms with E-state index in [0.717, 1.165) is 28.4 Å². The van der Waals surface area contributed by atoms with Crippen LogP contribution in [0.4, 0.5) is 0 Å². The summed E-state index contributed by atoms with van der Waals surface area (Å²) in [5.41, 5.74) is 3.76. The molecule has 0 amide bonds. The highest BCUT2D eigenvalue weighted by molar-refractivity contribution is 5.64. The van der Waals surface area contributed by atoms with Crippen LogP contribution in [0.1, 0.15) is 12.6 Å². The van der Waals surface area contributed by atoms with Crippen LogP contribution in [-0.4, -0.2) is 28.7 Å². The maximum Gasteiger partial charge on any atom is 0.119 e. The zero-order chi connectivity index (χ0) is 16.1. The molecular formula is C18H19N3O2. The summed E-state index contributed by atoms with van der Waals surface area (Å²) in [6, 6.07) is 17.8. The lowest BCUT2D eigenvalue weighted by atomic mass is 10.1. The minimum absolute atomic E-state index is 0.441. The molecule has 5 heteroatoms. The molecule has 0 N–H and O–H groups in total. The summed E-state index contributed by atoms with van der Waals surface area (Å²) < 4.78 is 12.6. The molecule has 0 fully saturated rings. The van der Waals surface area contributed by atoms with Crippen molar-refractivity contribution in [1.82, 2.24) is 15.0 Å². The lowest BCUT2D eigenvalue weighted by Crippen LogP contribution is -2.01. The van der Waals surface area contributed by atoms with Crippen molar-refractivity contribution in [3.05, 3.63) is 60.3 Å². The number of benzene rings is 2. The highest BCUT2D eigenvalue weighted by atomic mass is 16.5. The Bertz CT molecular complexity index is 752. The molecule has 0 saturated carbocycles. The van der Waals surface area contributed by atoms with Crippen LogP contribution in [0.25, 0.3) is 16.9 Å². The van der Waals surface area contributed by atoms with E-state index in [9.17, 15) is 0 Å². The fourth-order valence-electron chi connectivity index (χ4n) is 2.40. The first-order chi connectivity index (χ1) is 11.3. The van der Waals surface area contributed by atoms with Gasteiger partial charge in [0.05, 0.1) is 19.4 Å². The first-order valence-corrected chi connectivity index (χ1v) is 7.55. The standard InChI is InChI=1S/C18H19N3O2/c1-3-23-13-17-18(14-7-5-4-6-8-14)21(20-19-17)15-9-11-16(22-2)12-10-15/h4-12H,3,13H2,1-2H3. The lowest BCUT2D eigenvalue weighted by Gasteiger charge is -2.09. The second-order valence-electron chi connectivity index (χ2n) is 5.00. The molecule has 23 heavy (non-hydrogen) atoms. The van der Waals surface area contributed by atoms with Crippen molar-refractivity contribution in [3.63, 3.8) is 0 Å². The molecule has 0 spiro atoms. The van der Waals surface area contributed by atoms with E-state index in [1.165, 1.54) is 0 Å². The Morgan fingerprint density at radius 3 is 2.39 bits per heavy atom. The molecule has 3 rings (SSSR count). The predicted molar refractivity (Wildman–Crippen MR) is 88.7 cm³/mol. The monoisotopic (exact) mass is 309 g/mol. The third kappa shape index (κ3) is 3.24. The smallest absolute Gasteiger partial charge is 0.119 e. The Hall–Kier alpha value is -2.66. The first kappa shape index (κ1) is 15.2. The number of rotatable bonds is 6. The van der Waals surface area contributed by atoms with Crippen LogP contribution >= 0.6 is 0 Å². The minimum Gasteiger partial charge on any atom is -0.497 e. The highest BCUT2D eigenvalue weighted by Gasteiger charge is 2.16. The van der Waals surface area contributed by atoms with Gasteiger partial charge < -0.3 is 9.47 Å². The number of aromatic nitrogens is 3. The molecule has 0 saturated heterocycles. The molecule has 0 aliphatic carbocycles. The van der Waals surface area contributed by atoms with Crippen LogP contribution in [0.3, 0.4) is 0 Å². The molecule has 0 aliphatic rings. The molecule has 3 aromatic rings. The van der Waals surface area contributed by atoms with Gasteiger partial charge in [0.25, 0.3) is 0 Å². The maximum absolute atomic E-state index is 5.53. The zero-order valence-corrected chi connectivity index (χ0v) is 13.3. The van der Waals surface area contributed by atoms with Crippen LogP contribution in [0, 0.1) is 0 Å². The SMILES string of the molecule is CCOCc1nnn(-c2ccc(OC)cc2)c1-c1ccccc1. The van der Waals surface area contributed by atoms with Crippen LogP contribution in [-0.2, 0) is 11.3 Å². The van der Waals surface area contributed by atoms with E-state index >= 15 is 0 Å². The Labute approximate surface area is 135 Å². The second kappa shape index (κ2) is 7.07. The summed E-state index contributed by atoms with van der Waals surface area (Å²) in [7, 11) is 1.65. The average molecular weight is 309 g/mol. The van der Waals surface area contributed by atoms with Crippen molar-refractivity contribution in [2.24, 2.45) is 0 Å². The van der Waals surface area contributed by atoms with Gasteiger partial charge in [-0.15, -0.1) is 5.10 Å². The van der Waals surface area contributed by atoms with Gasteiger partial charge in [0.15, 0.2) is 0 Å². The molecule has 0 atom stereocenters. The summed E-state index contributed by atoms with van der Waals surface area (Å²) in [6.45, 7) is 3.05. The van der Waals surface area contributed by atoms with Crippen LogP contribution in [0.5, 0.6) is 5.75 Å². The average Bonchev–Trinajstić information content (AvgIpc) is 3.04. The quantitative estimate of drug-likeness (QED) is 0.699. The van der Waals surface area contributed by atoms with Gasteiger partial charge in [0, 0.05) is 12.2 Å². The van der Waals surface area contributed by atoms with E-state index in [1.54, 1.807) is 7.11 Å². The number of methoxy groups -OCH3 is 1. The van der Waals surface area contributed by atoms with Crippen LogP contribution in [0.2, 0.25) is 0 Å². The van der Waals surface area contributed by atoms with E-state index in [4.69, 9.17) is 9.47 Å².